The lowest BCUT2D eigenvalue weighted by molar-refractivity contribution is -0.155. The maximum atomic E-state index is 11.5. The highest BCUT2D eigenvalue weighted by Gasteiger charge is 2.59. The molecular formula is C10H13N3O. The van der Waals surface area contributed by atoms with Gasteiger partial charge in [0.25, 0.3) is 0 Å². The van der Waals surface area contributed by atoms with Crippen LogP contribution in [0.3, 0.4) is 0 Å². The van der Waals surface area contributed by atoms with Gasteiger partial charge in [0, 0.05) is 13.2 Å². The molecule has 1 saturated heterocycles. The highest BCUT2D eigenvalue weighted by Crippen LogP contribution is 2.55. The van der Waals surface area contributed by atoms with Gasteiger partial charge in [0.05, 0.1) is 17.2 Å². The second-order valence-electron chi connectivity index (χ2n) is 4.30. The van der Waals surface area contributed by atoms with Crippen LogP contribution in [0.25, 0.3) is 0 Å². The number of nitrogens with zero attached hydrogens (tertiary/aromatic N) is 2. The average Bonchev–Trinajstić information content (AvgIpc) is 2.44. The SMILES string of the molecule is Cn1nccc1C1NC(=O)C12CCC2. The Morgan fingerprint density at radius 3 is 2.86 bits per heavy atom. The van der Waals surface area contributed by atoms with E-state index in [-0.39, 0.29) is 17.4 Å². The smallest absolute Gasteiger partial charge is 0.229 e. The fourth-order valence-corrected chi connectivity index (χ4v) is 2.56. The minimum Gasteiger partial charge on any atom is -0.346 e. The fourth-order valence-electron chi connectivity index (χ4n) is 2.56. The van der Waals surface area contributed by atoms with Crippen LogP contribution < -0.4 is 5.32 Å². The monoisotopic (exact) mass is 191 g/mol. The number of β-lactam (4-membered cyclic amide) rings is 1. The van der Waals surface area contributed by atoms with Crippen LogP contribution in [0, 0.1) is 5.41 Å². The molecule has 0 aromatic carbocycles. The van der Waals surface area contributed by atoms with Gasteiger partial charge in [-0.1, -0.05) is 6.42 Å². The molecule has 1 aromatic heterocycles. The third kappa shape index (κ3) is 0.744. The normalized spacial score (nSPS) is 28.1. The van der Waals surface area contributed by atoms with Gasteiger partial charge >= 0.3 is 0 Å². The first-order valence-corrected chi connectivity index (χ1v) is 5.03. The number of aromatic nitrogens is 2. The van der Waals surface area contributed by atoms with E-state index < -0.39 is 0 Å². The van der Waals surface area contributed by atoms with Crippen LogP contribution in [0.5, 0.6) is 0 Å². The van der Waals surface area contributed by atoms with Gasteiger partial charge in [-0.25, -0.2) is 0 Å². The van der Waals surface area contributed by atoms with E-state index in [9.17, 15) is 4.79 Å². The summed E-state index contributed by atoms with van der Waals surface area (Å²) < 4.78 is 1.85. The van der Waals surface area contributed by atoms with Gasteiger partial charge in [0.2, 0.25) is 5.91 Å². The zero-order chi connectivity index (χ0) is 9.76. The predicted octanol–water partition coefficient (Wildman–Crippen LogP) is 0.761. The molecule has 1 amide bonds. The molecule has 2 fully saturated rings. The largest absolute Gasteiger partial charge is 0.346 e. The number of carbonyl (C=O) groups excluding carboxylic acids is 1. The van der Waals surface area contributed by atoms with Crippen LogP contribution in [0.15, 0.2) is 12.3 Å². The van der Waals surface area contributed by atoms with Crippen LogP contribution in [0.1, 0.15) is 31.0 Å². The minimum atomic E-state index is -0.0756. The number of hydrogen-bond acceptors (Lipinski definition) is 2. The lowest BCUT2D eigenvalue weighted by Gasteiger charge is -2.54. The molecule has 1 aromatic rings. The predicted molar refractivity (Wildman–Crippen MR) is 50.4 cm³/mol. The van der Waals surface area contributed by atoms with Crippen molar-refractivity contribution in [3.05, 3.63) is 18.0 Å². The van der Waals surface area contributed by atoms with Crippen molar-refractivity contribution in [2.45, 2.75) is 25.3 Å². The van der Waals surface area contributed by atoms with E-state index in [1.54, 1.807) is 6.20 Å². The molecule has 1 saturated carbocycles. The van der Waals surface area contributed by atoms with E-state index in [1.807, 2.05) is 17.8 Å². The summed E-state index contributed by atoms with van der Waals surface area (Å²) in [6.45, 7) is 0. The topological polar surface area (TPSA) is 46.9 Å². The highest BCUT2D eigenvalue weighted by atomic mass is 16.2. The second-order valence-corrected chi connectivity index (χ2v) is 4.30. The van der Waals surface area contributed by atoms with E-state index in [2.05, 4.69) is 10.4 Å². The number of rotatable bonds is 1. The molecule has 1 N–H and O–H groups in total. The minimum absolute atomic E-state index is 0.0756. The zero-order valence-corrected chi connectivity index (χ0v) is 8.16. The number of aryl methyl sites for hydroxylation is 1. The molecule has 3 rings (SSSR count). The first-order chi connectivity index (χ1) is 6.74. The lowest BCUT2D eigenvalue weighted by Crippen LogP contribution is -2.64. The van der Waals surface area contributed by atoms with Gasteiger partial charge in [-0.05, 0) is 18.9 Å². The first-order valence-electron chi connectivity index (χ1n) is 5.03. The van der Waals surface area contributed by atoms with Gasteiger partial charge < -0.3 is 5.32 Å². The Kier molecular flexibility index (Phi) is 1.36. The quantitative estimate of drug-likeness (QED) is 0.666. The van der Waals surface area contributed by atoms with Crippen molar-refractivity contribution < 1.29 is 4.79 Å². The molecule has 14 heavy (non-hydrogen) atoms. The Morgan fingerprint density at radius 2 is 2.43 bits per heavy atom. The summed E-state index contributed by atoms with van der Waals surface area (Å²) in [5, 5.41) is 7.11. The Labute approximate surface area is 82.3 Å². The Bertz CT molecular complexity index is 392. The van der Waals surface area contributed by atoms with E-state index in [0.29, 0.717) is 0 Å². The van der Waals surface area contributed by atoms with Crippen LogP contribution in [0.2, 0.25) is 0 Å². The average molecular weight is 191 g/mol. The van der Waals surface area contributed by atoms with E-state index in [1.165, 1.54) is 6.42 Å². The van der Waals surface area contributed by atoms with Crippen molar-refractivity contribution in [3.8, 4) is 0 Å². The molecule has 74 valence electrons. The summed E-state index contributed by atoms with van der Waals surface area (Å²) >= 11 is 0. The molecule has 1 spiro atoms. The van der Waals surface area contributed by atoms with E-state index in [4.69, 9.17) is 0 Å². The van der Waals surface area contributed by atoms with Crippen LogP contribution in [0.4, 0.5) is 0 Å². The maximum Gasteiger partial charge on any atom is 0.229 e. The summed E-state index contributed by atoms with van der Waals surface area (Å²) in [5.41, 5.74) is 1.05. The van der Waals surface area contributed by atoms with Crippen molar-refractivity contribution in [1.29, 1.82) is 0 Å². The number of carbonyl (C=O) groups is 1. The van der Waals surface area contributed by atoms with Crippen molar-refractivity contribution in [2.24, 2.45) is 12.5 Å². The van der Waals surface area contributed by atoms with Crippen molar-refractivity contribution in [1.82, 2.24) is 15.1 Å². The fraction of sp³-hybridized carbons (Fsp3) is 0.600. The molecule has 1 unspecified atom stereocenters. The standard InChI is InChI=1S/C10H13N3O/c1-13-7(3-6-11-13)8-10(4-2-5-10)9(14)12-8/h3,6,8H,2,4-5H2,1H3,(H,12,14). The van der Waals surface area contributed by atoms with Gasteiger partial charge in [-0.3, -0.25) is 9.48 Å². The van der Waals surface area contributed by atoms with Crippen LogP contribution in [-0.4, -0.2) is 15.7 Å². The molecule has 0 radical (unpaired) electrons. The summed E-state index contributed by atoms with van der Waals surface area (Å²) in [7, 11) is 1.92. The van der Waals surface area contributed by atoms with Crippen LogP contribution >= 0.6 is 0 Å². The highest BCUT2D eigenvalue weighted by molar-refractivity contribution is 5.91. The summed E-state index contributed by atoms with van der Waals surface area (Å²) in [6.07, 6.45) is 5.04. The van der Waals surface area contributed by atoms with E-state index in [0.717, 1.165) is 18.5 Å². The Balaban J connectivity index is 1.95. The van der Waals surface area contributed by atoms with Gasteiger partial charge in [0.1, 0.15) is 0 Å². The van der Waals surface area contributed by atoms with Gasteiger partial charge in [-0.15, -0.1) is 0 Å². The lowest BCUT2D eigenvalue weighted by atomic mass is 9.58. The van der Waals surface area contributed by atoms with Crippen molar-refractivity contribution in [2.75, 3.05) is 0 Å². The molecular weight excluding hydrogens is 178 g/mol. The van der Waals surface area contributed by atoms with E-state index >= 15 is 0 Å². The Hall–Kier alpha value is -1.32. The third-order valence-electron chi connectivity index (χ3n) is 3.68. The summed E-state index contributed by atoms with van der Waals surface area (Å²) in [4.78, 5) is 11.5. The molecule has 1 aliphatic carbocycles. The van der Waals surface area contributed by atoms with Crippen molar-refractivity contribution in [3.63, 3.8) is 0 Å². The summed E-state index contributed by atoms with van der Waals surface area (Å²) in [5.74, 6) is 0.231. The van der Waals surface area contributed by atoms with Gasteiger partial charge in [-0.2, -0.15) is 5.10 Å². The molecule has 4 heteroatoms. The first kappa shape index (κ1) is 8.03. The van der Waals surface area contributed by atoms with Gasteiger partial charge in [0.15, 0.2) is 0 Å². The summed E-state index contributed by atoms with van der Waals surface area (Å²) in [6, 6.07) is 2.20. The zero-order valence-electron chi connectivity index (χ0n) is 8.16. The number of nitrogens with one attached hydrogen (secondary N) is 1. The molecule has 2 aliphatic rings. The van der Waals surface area contributed by atoms with Crippen molar-refractivity contribution >= 4 is 5.91 Å². The Morgan fingerprint density at radius 1 is 1.64 bits per heavy atom. The maximum absolute atomic E-state index is 11.5. The molecule has 2 heterocycles. The third-order valence-corrected chi connectivity index (χ3v) is 3.68. The molecule has 0 bridgehead atoms. The number of hydrogen-bond donors (Lipinski definition) is 1. The number of amides is 1. The molecule has 1 atom stereocenters. The second kappa shape index (κ2) is 2.38. The molecule has 1 aliphatic heterocycles. The van der Waals surface area contributed by atoms with Crippen LogP contribution in [-0.2, 0) is 11.8 Å². The molecule has 4 nitrogen and oxygen atoms in total.